The second-order valence-electron chi connectivity index (χ2n) is 5.23. The van der Waals surface area contributed by atoms with E-state index in [0.29, 0.717) is 5.92 Å². The summed E-state index contributed by atoms with van der Waals surface area (Å²) in [6.45, 7) is 5.43. The monoisotopic (exact) mass is 241 g/mol. The fourth-order valence-corrected chi connectivity index (χ4v) is 2.40. The molecule has 2 heterocycles. The molecule has 0 radical (unpaired) electrons. The van der Waals surface area contributed by atoms with Gasteiger partial charge in [0.05, 0.1) is 12.0 Å². The van der Waals surface area contributed by atoms with Crippen LogP contribution in [0.25, 0.3) is 5.69 Å². The quantitative estimate of drug-likeness (QED) is 0.873. The van der Waals surface area contributed by atoms with Crippen molar-refractivity contribution in [2.24, 2.45) is 0 Å². The highest BCUT2D eigenvalue weighted by molar-refractivity contribution is 5.57. The Bertz CT molecular complexity index is 555. The maximum atomic E-state index is 4.45. The Morgan fingerprint density at radius 3 is 3.00 bits per heavy atom. The van der Waals surface area contributed by atoms with Crippen LogP contribution in [-0.4, -0.2) is 16.1 Å². The third kappa shape index (κ3) is 2.01. The molecule has 1 aromatic carbocycles. The van der Waals surface area contributed by atoms with Gasteiger partial charge >= 0.3 is 0 Å². The summed E-state index contributed by atoms with van der Waals surface area (Å²) in [4.78, 5) is 4.45. The average molecular weight is 241 g/mol. The summed E-state index contributed by atoms with van der Waals surface area (Å²) in [5.74, 6) is 0.477. The number of fused-ring (bicyclic) bond motifs is 1. The van der Waals surface area contributed by atoms with E-state index < -0.39 is 0 Å². The van der Waals surface area contributed by atoms with Crippen LogP contribution in [-0.2, 0) is 6.42 Å². The molecule has 0 saturated carbocycles. The normalized spacial score (nSPS) is 14.4. The zero-order valence-corrected chi connectivity index (χ0v) is 11.0. The molecule has 0 fully saturated rings. The second kappa shape index (κ2) is 4.48. The molecule has 0 bridgehead atoms. The summed E-state index contributed by atoms with van der Waals surface area (Å²) in [5.41, 5.74) is 5.05. The van der Waals surface area contributed by atoms with E-state index in [9.17, 15) is 0 Å². The first-order valence-electron chi connectivity index (χ1n) is 6.65. The lowest BCUT2D eigenvalue weighted by Crippen LogP contribution is -2.11. The number of hydrogen-bond acceptors (Lipinski definition) is 2. The van der Waals surface area contributed by atoms with Crippen molar-refractivity contribution in [2.45, 2.75) is 32.6 Å². The van der Waals surface area contributed by atoms with Gasteiger partial charge in [0.2, 0.25) is 0 Å². The number of rotatable bonds is 2. The first kappa shape index (κ1) is 11.3. The maximum absolute atomic E-state index is 4.45. The zero-order chi connectivity index (χ0) is 12.5. The minimum absolute atomic E-state index is 0.477. The molecule has 0 amide bonds. The van der Waals surface area contributed by atoms with Crippen molar-refractivity contribution in [3.63, 3.8) is 0 Å². The predicted molar refractivity (Wildman–Crippen MR) is 74.5 cm³/mol. The van der Waals surface area contributed by atoms with E-state index in [-0.39, 0.29) is 0 Å². The Balaban J connectivity index is 1.95. The molecule has 0 atom stereocenters. The van der Waals surface area contributed by atoms with E-state index in [2.05, 4.69) is 53.1 Å². The molecule has 18 heavy (non-hydrogen) atoms. The minimum Gasteiger partial charge on any atom is -0.385 e. The smallest absolute Gasteiger partial charge is 0.0995 e. The van der Waals surface area contributed by atoms with Gasteiger partial charge in [0.1, 0.15) is 0 Å². The van der Waals surface area contributed by atoms with Crippen molar-refractivity contribution >= 4 is 5.69 Å². The summed E-state index contributed by atoms with van der Waals surface area (Å²) >= 11 is 0. The van der Waals surface area contributed by atoms with E-state index in [1.54, 1.807) is 0 Å². The molecule has 94 valence electrons. The predicted octanol–water partition coefficient (Wildman–Crippen LogP) is 3.35. The summed E-state index contributed by atoms with van der Waals surface area (Å²) in [5, 5.41) is 3.44. The fraction of sp³-hybridized carbons (Fsp3) is 0.400. The van der Waals surface area contributed by atoms with Gasteiger partial charge in [-0.3, -0.25) is 0 Å². The molecule has 1 aliphatic rings. The number of aromatic nitrogens is 2. The highest BCUT2D eigenvalue weighted by Crippen LogP contribution is 2.25. The van der Waals surface area contributed by atoms with E-state index in [4.69, 9.17) is 0 Å². The van der Waals surface area contributed by atoms with Crippen molar-refractivity contribution in [3.8, 4) is 5.69 Å². The van der Waals surface area contributed by atoms with E-state index in [0.717, 1.165) is 12.2 Å². The summed E-state index contributed by atoms with van der Waals surface area (Å²) in [6, 6.07) is 6.61. The van der Waals surface area contributed by atoms with Gasteiger partial charge in [0, 0.05) is 24.1 Å². The Labute approximate surface area is 108 Å². The number of aryl methyl sites for hydroxylation is 1. The van der Waals surface area contributed by atoms with Gasteiger partial charge in [-0.1, -0.05) is 13.8 Å². The molecule has 0 spiro atoms. The summed E-state index contributed by atoms with van der Waals surface area (Å²) in [6.07, 6.45) is 6.43. The Morgan fingerprint density at radius 2 is 2.22 bits per heavy atom. The van der Waals surface area contributed by atoms with Crippen LogP contribution in [0.1, 0.15) is 37.4 Å². The van der Waals surface area contributed by atoms with E-state index in [1.807, 2.05) is 6.33 Å². The van der Waals surface area contributed by atoms with Crippen LogP contribution in [0.5, 0.6) is 0 Å². The van der Waals surface area contributed by atoms with Crippen molar-refractivity contribution in [1.82, 2.24) is 9.55 Å². The van der Waals surface area contributed by atoms with Gasteiger partial charge in [0.15, 0.2) is 0 Å². The Kier molecular flexibility index (Phi) is 2.82. The summed E-state index contributed by atoms with van der Waals surface area (Å²) < 4.78 is 2.12. The third-order valence-corrected chi connectivity index (χ3v) is 3.52. The fourth-order valence-electron chi connectivity index (χ4n) is 2.40. The van der Waals surface area contributed by atoms with Gasteiger partial charge in [-0.2, -0.15) is 0 Å². The number of anilines is 1. The number of nitrogens with one attached hydrogen (secondary N) is 1. The highest BCUT2D eigenvalue weighted by atomic mass is 15.0. The average Bonchev–Trinajstić information content (AvgIpc) is 2.88. The topological polar surface area (TPSA) is 29.9 Å². The van der Waals surface area contributed by atoms with Crippen molar-refractivity contribution in [2.75, 3.05) is 11.9 Å². The van der Waals surface area contributed by atoms with Crippen molar-refractivity contribution < 1.29 is 0 Å². The van der Waals surface area contributed by atoms with Gasteiger partial charge in [0.25, 0.3) is 0 Å². The molecule has 3 nitrogen and oxygen atoms in total. The largest absolute Gasteiger partial charge is 0.385 e. The lowest BCUT2D eigenvalue weighted by atomic mass is 10.0. The zero-order valence-electron chi connectivity index (χ0n) is 11.0. The molecular weight excluding hydrogens is 222 g/mol. The van der Waals surface area contributed by atoms with Gasteiger partial charge in [-0.25, -0.2) is 4.98 Å². The number of nitrogens with zero attached hydrogens (tertiary/aromatic N) is 2. The minimum atomic E-state index is 0.477. The summed E-state index contributed by atoms with van der Waals surface area (Å²) in [7, 11) is 0. The Morgan fingerprint density at radius 1 is 1.33 bits per heavy atom. The molecule has 1 aromatic heterocycles. The van der Waals surface area contributed by atoms with Crippen LogP contribution < -0.4 is 5.32 Å². The van der Waals surface area contributed by atoms with Gasteiger partial charge in [-0.15, -0.1) is 0 Å². The molecule has 0 aliphatic carbocycles. The van der Waals surface area contributed by atoms with Crippen LogP contribution in [0, 0.1) is 0 Å². The van der Waals surface area contributed by atoms with Crippen LogP contribution in [0.4, 0.5) is 5.69 Å². The highest BCUT2D eigenvalue weighted by Gasteiger charge is 2.10. The lowest BCUT2D eigenvalue weighted by Gasteiger charge is -2.18. The van der Waals surface area contributed by atoms with E-state index in [1.165, 1.54) is 29.8 Å². The lowest BCUT2D eigenvalue weighted by molar-refractivity contribution is 0.827. The Hall–Kier alpha value is -1.77. The van der Waals surface area contributed by atoms with Gasteiger partial charge in [-0.05, 0) is 42.5 Å². The molecule has 0 saturated heterocycles. The molecule has 2 aromatic rings. The van der Waals surface area contributed by atoms with Crippen molar-refractivity contribution in [1.29, 1.82) is 0 Å². The van der Waals surface area contributed by atoms with Crippen LogP contribution >= 0.6 is 0 Å². The standard InChI is InChI=1S/C15H19N3/c1-11(2)15-9-18(10-17-15)13-5-6-14-12(8-13)4-3-7-16-14/h5-6,8-11,16H,3-4,7H2,1-2H3. The SMILES string of the molecule is CC(C)c1cn(-c2ccc3c(c2)CCCN3)cn1. The van der Waals surface area contributed by atoms with Crippen LogP contribution in [0.2, 0.25) is 0 Å². The van der Waals surface area contributed by atoms with E-state index >= 15 is 0 Å². The first-order chi connectivity index (χ1) is 8.74. The molecule has 0 unspecified atom stereocenters. The molecule has 3 rings (SSSR count). The van der Waals surface area contributed by atoms with Gasteiger partial charge < -0.3 is 9.88 Å². The number of benzene rings is 1. The number of hydrogen-bond donors (Lipinski definition) is 1. The molecular formula is C15H19N3. The van der Waals surface area contributed by atoms with Crippen molar-refractivity contribution in [3.05, 3.63) is 42.0 Å². The third-order valence-electron chi connectivity index (χ3n) is 3.52. The maximum Gasteiger partial charge on any atom is 0.0995 e. The number of imidazole rings is 1. The molecule has 3 heteroatoms. The molecule has 1 N–H and O–H groups in total. The van der Waals surface area contributed by atoms with Crippen LogP contribution in [0.3, 0.4) is 0 Å². The molecule has 1 aliphatic heterocycles. The first-order valence-corrected chi connectivity index (χ1v) is 6.65. The second-order valence-corrected chi connectivity index (χ2v) is 5.23. The van der Waals surface area contributed by atoms with Crippen LogP contribution in [0.15, 0.2) is 30.7 Å².